The molecule has 0 saturated carbocycles. The maximum atomic E-state index is 13.9. The molecule has 3 amide bonds. The summed E-state index contributed by atoms with van der Waals surface area (Å²) in [4.78, 5) is 40.2. The molecule has 2 aromatic carbocycles. The van der Waals surface area contributed by atoms with Crippen LogP contribution in [-0.4, -0.2) is 43.8 Å². The van der Waals surface area contributed by atoms with Crippen LogP contribution in [0.2, 0.25) is 0 Å². The lowest BCUT2D eigenvalue weighted by atomic mass is 10.2. The van der Waals surface area contributed by atoms with Gasteiger partial charge in [0.05, 0.1) is 20.8 Å². The number of aliphatic carboxylic acids is 1. The van der Waals surface area contributed by atoms with Gasteiger partial charge in [-0.15, -0.1) is 11.3 Å². The SMILES string of the molecule is Cc1ccc(F)c(NC(=O)Nc2ccc(Oc3ccnc4cc(C(=O)NS(C)(=O)=CCCC(=O)O)sc34)cc2)c1. The number of carboxylic acid groups (broad SMARTS) is 1. The van der Waals surface area contributed by atoms with Crippen LogP contribution < -0.4 is 20.1 Å². The van der Waals surface area contributed by atoms with Crippen molar-refractivity contribution in [3.63, 3.8) is 0 Å². The molecule has 0 aliphatic rings. The molecule has 0 aliphatic heterocycles. The molecule has 2 aromatic heterocycles. The Kier molecular flexibility index (Phi) is 8.65. The fraction of sp³-hybridized carbons (Fsp3) is 0.148. The van der Waals surface area contributed by atoms with Crippen molar-refractivity contribution in [3.05, 3.63) is 77.1 Å². The van der Waals surface area contributed by atoms with E-state index in [0.29, 0.717) is 27.4 Å². The molecule has 0 radical (unpaired) electrons. The predicted octanol–water partition coefficient (Wildman–Crippen LogP) is 5.41. The quantitative estimate of drug-likeness (QED) is 0.193. The Labute approximate surface area is 233 Å². The largest absolute Gasteiger partial charge is 0.481 e. The van der Waals surface area contributed by atoms with E-state index in [2.05, 4.69) is 20.3 Å². The van der Waals surface area contributed by atoms with Crippen molar-refractivity contribution in [3.8, 4) is 11.5 Å². The number of urea groups is 1. The smallest absolute Gasteiger partial charge is 0.323 e. The highest BCUT2D eigenvalue weighted by atomic mass is 32.2. The van der Waals surface area contributed by atoms with E-state index in [1.165, 1.54) is 30.0 Å². The van der Waals surface area contributed by atoms with Crippen LogP contribution in [-0.2, 0) is 14.5 Å². The third-order valence-electron chi connectivity index (χ3n) is 5.40. The lowest BCUT2D eigenvalue weighted by Gasteiger charge is -2.10. The van der Waals surface area contributed by atoms with Crippen LogP contribution in [0.4, 0.5) is 20.6 Å². The number of fused-ring (bicyclic) bond motifs is 1. The lowest BCUT2D eigenvalue weighted by Crippen LogP contribution is -2.30. The Balaban J connectivity index is 1.43. The number of hydrogen-bond donors (Lipinski definition) is 4. The number of hydrogen-bond acceptors (Lipinski definition) is 7. The van der Waals surface area contributed by atoms with Gasteiger partial charge >= 0.3 is 12.0 Å². The number of nitrogens with one attached hydrogen (secondary N) is 3. The van der Waals surface area contributed by atoms with Crippen molar-refractivity contribution in [1.29, 1.82) is 0 Å². The van der Waals surface area contributed by atoms with Gasteiger partial charge in [-0.25, -0.2) is 13.4 Å². The van der Waals surface area contributed by atoms with Crippen molar-refractivity contribution in [1.82, 2.24) is 9.71 Å². The third-order valence-corrected chi connectivity index (χ3v) is 8.00. The molecule has 1 unspecified atom stereocenters. The second kappa shape index (κ2) is 12.1. The Morgan fingerprint density at radius 1 is 1.10 bits per heavy atom. The number of pyridine rings is 1. The molecule has 4 aromatic rings. The molecule has 4 rings (SSSR count). The van der Waals surface area contributed by atoms with E-state index >= 15 is 0 Å². The van der Waals surface area contributed by atoms with Gasteiger partial charge in [0.1, 0.15) is 17.3 Å². The van der Waals surface area contributed by atoms with E-state index in [1.54, 1.807) is 49.4 Å². The molecule has 0 bridgehead atoms. The standard InChI is InChI=1S/C27H25FN4O6S2/c1-16-5-10-19(28)20(14-16)31-27(36)30-17-6-8-18(9-7-17)38-22-11-12-29-21-15-23(39-25(21)22)26(35)32-40(2,37)13-3-4-24(33)34/h5-15H,3-4H2,1-2H3,(H,33,34)(H2,30,31,36)(H,32,35,37). The zero-order valence-electron chi connectivity index (χ0n) is 21.4. The van der Waals surface area contributed by atoms with Crippen molar-refractivity contribution >= 4 is 65.9 Å². The summed E-state index contributed by atoms with van der Waals surface area (Å²) < 4.78 is 35.6. The number of carboxylic acids is 1. The Morgan fingerprint density at radius 2 is 1.85 bits per heavy atom. The average molecular weight is 585 g/mol. The molecule has 1 atom stereocenters. The van der Waals surface area contributed by atoms with Gasteiger partial charge in [0.2, 0.25) is 0 Å². The minimum Gasteiger partial charge on any atom is -0.481 e. The van der Waals surface area contributed by atoms with Crippen molar-refractivity contribution in [2.75, 3.05) is 16.9 Å². The number of carbonyl (C=O) groups excluding carboxylic acids is 2. The van der Waals surface area contributed by atoms with E-state index in [1.807, 2.05) is 0 Å². The molecule has 40 heavy (non-hydrogen) atoms. The summed E-state index contributed by atoms with van der Waals surface area (Å²) in [6.45, 7) is 1.79. The van der Waals surface area contributed by atoms with Crippen LogP contribution in [0, 0.1) is 12.7 Å². The van der Waals surface area contributed by atoms with Gasteiger partial charge in [0, 0.05) is 40.3 Å². The van der Waals surface area contributed by atoms with Crippen LogP contribution >= 0.6 is 11.3 Å². The van der Waals surface area contributed by atoms with Gasteiger partial charge in [-0.3, -0.25) is 19.3 Å². The van der Waals surface area contributed by atoms with Crippen LogP contribution in [0.1, 0.15) is 28.1 Å². The first-order valence-electron chi connectivity index (χ1n) is 11.9. The normalized spacial score (nSPS) is 12.3. The summed E-state index contributed by atoms with van der Waals surface area (Å²) in [5.41, 5.74) is 1.83. The molecule has 208 valence electrons. The number of nitrogens with zero attached hydrogens (tertiary/aromatic N) is 1. The van der Waals surface area contributed by atoms with Crippen molar-refractivity contribution in [2.24, 2.45) is 0 Å². The summed E-state index contributed by atoms with van der Waals surface area (Å²) in [5, 5.41) is 15.1. The van der Waals surface area contributed by atoms with Gasteiger partial charge in [-0.1, -0.05) is 6.07 Å². The summed E-state index contributed by atoms with van der Waals surface area (Å²) in [5.74, 6) is -1.25. The van der Waals surface area contributed by atoms with E-state index in [0.717, 1.165) is 16.9 Å². The molecule has 2 heterocycles. The lowest BCUT2D eigenvalue weighted by molar-refractivity contribution is -0.136. The van der Waals surface area contributed by atoms with Crippen LogP contribution in [0.5, 0.6) is 11.5 Å². The van der Waals surface area contributed by atoms with E-state index < -0.39 is 33.4 Å². The number of carbonyl (C=O) groups is 3. The number of amides is 3. The van der Waals surface area contributed by atoms with Crippen molar-refractivity contribution < 1.29 is 32.8 Å². The first-order valence-corrected chi connectivity index (χ1v) is 14.7. The highest BCUT2D eigenvalue weighted by molar-refractivity contribution is 7.99. The number of ether oxygens (including phenoxy) is 1. The molecule has 4 N–H and O–H groups in total. The number of anilines is 2. The molecule has 0 aliphatic carbocycles. The number of aryl methyl sites for hydroxylation is 1. The third kappa shape index (κ3) is 7.55. The zero-order chi connectivity index (χ0) is 28.9. The highest BCUT2D eigenvalue weighted by Crippen LogP contribution is 2.35. The molecular weight excluding hydrogens is 559 g/mol. The van der Waals surface area contributed by atoms with Gasteiger partial charge in [-0.05, 0) is 66.7 Å². The molecular formula is C27H25FN4O6S2. The van der Waals surface area contributed by atoms with Gasteiger partial charge in [0.25, 0.3) is 5.91 Å². The number of halogens is 1. The maximum Gasteiger partial charge on any atom is 0.323 e. The summed E-state index contributed by atoms with van der Waals surface area (Å²) in [6, 6.07) is 13.5. The van der Waals surface area contributed by atoms with Crippen molar-refractivity contribution in [2.45, 2.75) is 19.8 Å². The first kappa shape index (κ1) is 28.5. The van der Waals surface area contributed by atoms with E-state index in [4.69, 9.17) is 9.84 Å². The fourth-order valence-electron chi connectivity index (χ4n) is 3.54. The maximum absolute atomic E-state index is 13.9. The Hall–Kier alpha value is -4.49. The zero-order valence-corrected chi connectivity index (χ0v) is 23.0. The van der Waals surface area contributed by atoms with E-state index in [-0.39, 0.29) is 23.4 Å². The van der Waals surface area contributed by atoms with Gasteiger partial charge < -0.3 is 20.5 Å². The number of benzene rings is 2. The molecule has 0 spiro atoms. The molecule has 13 heteroatoms. The summed E-state index contributed by atoms with van der Waals surface area (Å²) in [7, 11) is -2.89. The van der Waals surface area contributed by atoms with Crippen LogP contribution in [0.3, 0.4) is 0 Å². The fourth-order valence-corrected chi connectivity index (χ4v) is 5.70. The average Bonchev–Trinajstić information content (AvgIpc) is 3.33. The minimum absolute atomic E-state index is 0.0567. The van der Waals surface area contributed by atoms with Gasteiger partial charge in [0.15, 0.2) is 0 Å². The highest BCUT2D eigenvalue weighted by Gasteiger charge is 2.17. The first-order chi connectivity index (χ1) is 19.0. The number of aromatic nitrogens is 1. The predicted molar refractivity (Wildman–Crippen MR) is 154 cm³/mol. The number of rotatable bonds is 9. The van der Waals surface area contributed by atoms with Crippen LogP contribution in [0.25, 0.3) is 10.2 Å². The molecule has 10 nitrogen and oxygen atoms in total. The number of thiophene rings is 1. The summed E-state index contributed by atoms with van der Waals surface area (Å²) >= 11 is 1.11. The Bertz CT molecular complexity index is 1710. The topological polar surface area (TPSA) is 147 Å². The summed E-state index contributed by atoms with van der Waals surface area (Å²) in [6.07, 6.45) is 2.72. The van der Waals surface area contributed by atoms with Crippen LogP contribution in [0.15, 0.2) is 60.8 Å². The second-order valence-electron chi connectivity index (χ2n) is 8.76. The second-order valence-corrected chi connectivity index (χ2v) is 12.2. The molecule has 0 saturated heterocycles. The Morgan fingerprint density at radius 3 is 2.58 bits per heavy atom. The minimum atomic E-state index is -2.89. The monoisotopic (exact) mass is 584 g/mol. The van der Waals surface area contributed by atoms with Gasteiger partial charge in [-0.2, -0.15) is 0 Å². The molecule has 0 fully saturated rings. The van der Waals surface area contributed by atoms with E-state index in [9.17, 15) is 23.0 Å².